The topological polar surface area (TPSA) is 58.6 Å². The molecule has 90 valence electrons. The van der Waals surface area contributed by atoms with Crippen molar-refractivity contribution in [1.29, 1.82) is 0 Å². The molecule has 0 fully saturated rings. The Labute approximate surface area is 103 Å². The van der Waals surface area contributed by atoms with Crippen LogP contribution in [0.2, 0.25) is 0 Å². The van der Waals surface area contributed by atoms with Crippen LogP contribution < -0.4 is 5.32 Å². The van der Waals surface area contributed by atoms with E-state index < -0.39 is 0 Å². The van der Waals surface area contributed by atoms with E-state index in [4.69, 9.17) is 5.11 Å². The minimum atomic E-state index is -0.273. The lowest BCUT2D eigenvalue weighted by Crippen LogP contribution is -2.31. The van der Waals surface area contributed by atoms with Gasteiger partial charge >= 0.3 is 5.97 Å². The number of aliphatic hydroxyl groups excluding tert-OH is 1. The molecule has 0 aliphatic rings. The number of hydrogen-bond donors (Lipinski definition) is 2. The molecule has 0 aliphatic heterocycles. The number of hydrogen-bond acceptors (Lipinski definition) is 5. The number of halogens is 1. The largest absolute Gasteiger partial charge is 0.468 e. The minimum absolute atomic E-state index is 0.254. The Kier molecular flexibility index (Phi) is 10.9. The molecule has 0 bridgehead atoms. The first-order valence-electron chi connectivity index (χ1n) is 4.83. The maximum Gasteiger partial charge on any atom is 0.320 e. The Hall–Kier alpha value is 0.220. The predicted molar refractivity (Wildman–Crippen MR) is 66.6 cm³/mol. The quantitative estimate of drug-likeness (QED) is 0.371. The second kappa shape index (κ2) is 10.7. The standard InChI is InChI=1S/C9H18BrNO3S/c1-14-9(13)8(10)7-11-3-6-15-5-2-4-12/h8,11-12H,2-7H2,1H3. The van der Waals surface area contributed by atoms with E-state index in [-0.39, 0.29) is 17.4 Å². The molecule has 15 heavy (non-hydrogen) atoms. The molecule has 0 aliphatic carbocycles. The number of carbonyl (C=O) groups excluding carboxylic acids is 1. The summed E-state index contributed by atoms with van der Waals surface area (Å²) in [6, 6.07) is 0. The number of nitrogens with one attached hydrogen (secondary N) is 1. The number of aliphatic hydroxyl groups is 1. The van der Waals surface area contributed by atoms with Gasteiger partial charge in [0.25, 0.3) is 0 Å². The summed E-state index contributed by atoms with van der Waals surface area (Å²) >= 11 is 5.01. The second-order valence-corrected chi connectivity index (χ2v) is 5.21. The molecular formula is C9H18BrNO3S. The van der Waals surface area contributed by atoms with Crippen LogP contribution in [0.1, 0.15) is 6.42 Å². The summed E-state index contributed by atoms with van der Waals surface area (Å²) in [5.74, 6) is 1.71. The molecule has 0 spiro atoms. The van der Waals surface area contributed by atoms with Crippen molar-refractivity contribution in [3.05, 3.63) is 0 Å². The Bertz CT molecular complexity index is 171. The number of thioether (sulfide) groups is 1. The first kappa shape index (κ1) is 15.2. The van der Waals surface area contributed by atoms with Crippen LogP contribution in [0.3, 0.4) is 0 Å². The highest BCUT2D eigenvalue weighted by Gasteiger charge is 2.13. The molecule has 0 saturated carbocycles. The van der Waals surface area contributed by atoms with Gasteiger partial charge in [-0.05, 0) is 12.2 Å². The third kappa shape index (κ3) is 9.17. The van der Waals surface area contributed by atoms with E-state index in [1.165, 1.54) is 7.11 Å². The summed E-state index contributed by atoms with van der Waals surface area (Å²) in [6.07, 6.45) is 0.841. The molecule has 0 amide bonds. The molecule has 0 rings (SSSR count). The summed E-state index contributed by atoms with van der Waals surface area (Å²) in [5.41, 5.74) is 0. The van der Waals surface area contributed by atoms with Gasteiger partial charge in [0.1, 0.15) is 4.83 Å². The molecule has 0 aromatic rings. The number of ether oxygens (including phenoxy) is 1. The van der Waals surface area contributed by atoms with E-state index in [0.29, 0.717) is 6.54 Å². The molecule has 0 radical (unpaired) electrons. The van der Waals surface area contributed by atoms with Crippen LogP contribution in [0, 0.1) is 0 Å². The van der Waals surface area contributed by atoms with Crippen molar-refractivity contribution in [2.45, 2.75) is 11.2 Å². The van der Waals surface area contributed by atoms with E-state index in [1.54, 1.807) is 11.8 Å². The molecule has 2 N–H and O–H groups in total. The van der Waals surface area contributed by atoms with E-state index in [2.05, 4.69) is 26.0 Å². The van der Waals surface area contributed by atoms with Gasteiger partial charge in [0.05, 0.1) is 7.11 Å². The first-order valence-corrected chi connectivity index (χ1v) is 6.90. The molecule has 0 saturated heterocycles. The summed E-state index contributed by atoms with van der Waals surface area (Å²) < 4.78 is 4.56. The average molecular weight is 300 g/mol. The monoisotopic (exact) mass is 299 g/mol. The Morgan fingerprint density at radius 3 is 2.93 bits per heavy atom. The van der Waals surface area contributed by atoms with Crippen molar-refractivity contribution in [2.24, 2.45) is 0 Å². The zero-order valence-corrected chi connectivity index (χ0v) is 11.3. The van der Waals surface area contributed by atoms with Crippen molar-refractivity contribution in [3.63, 3.8) is 0 Å². The highest BCUT2D eigenvalue weighted by atomic mass is 79.9. The number of esters is 1. The van der Waals surface area contributed by atoms with Crippen LogP contribution in [0.15, 0.2) is 0 Å². The van der Waals surface area contributed by atoms with E-state index in [0.717, 1.165) is 24.5 Å². The van der Waals surface area contributed by atoms with Crippen LogP contribution in [0.5, 0.6) is 0 Å². The summed E-state index contributed by atoms with van der Waals surface area (Å²) in [7, 11) is 1.38. The fraction of sp³-hybridized carbons (Fsp3) is 0.889. The SMILES string of the molecule is COC(=O)C(Br)CNCCSCCCO. The van der Waals surface area contributed by atoms with Crippen LogP contribution in [0.4, 0.5) is 0 Å². The van der Waals surface area contributed by atoms with E-state index >= 15 is 0 Å². The van der Waals surface area contributed by atoms with E-state index in [9.17, 15) is 4.79 Å². The Balaban J connectivity index is 3.20. The zero-order valence-electron chi connectivity index (χ0n) is 8.87. The van der Waals surface area contributed by atoms with E-state index in [1.807, 2.05) is 0 Å². The Morgan fingerprint density at radius 1 is 1.60 bits per heavy atom. The van der Waals surface area contributed by atoms with Gasteiger partial charge in [-0.3, -0.25) is 4.79 Å². The van der Waals surface area contributed by atoms with Gasteiger partial charge < -0.3 is 15.2 Å². The summed E-state index contributed by atoms with van der Waals surface area (Å²) in [6.45, 7) is 1.69. The number of alkyl halides is 1. The second-order valence-electron chi connectivity index (χ2n) is 2.88. The minimum Gasteiger partial charge on any atom is -0.468 e. The van der Waals surface area contributed by atoms with Gasteiger partial charge in [0, 0.05) is 25.4 Å². The van der Waals surface area contributed by atoms with Crippen molar-refractivity contribution >= 4 is 33.7 Å². The number of rotatable bonds is 9. The maximum atomic E-state index is 11.0. The van der Waals surface area contributed by atoms with Crippen LogP contribution >= 0.6 is 27.7 Å². The number of methoxy groups -OCH3 is 1. The molecular weight excluding hydrogens is 282 g/mol. The molecule has 0 heterocycles. The van der Waals surface area contributed by atoms with Crippen LogP contribution in [0.25, 0.3) is 0 Å². The lowest BCUT2D eigenvalue weighted by molar-refractivity contribution is -0.139. The van der Waals surface area contributed by atoms with Gasteiger partial charge in [-0.1, -0.05) is 15.9 Å². The van der Waals surface area contributed by atoms with Crippen molar-refractivity contribution in [1.82, 2.24) is 5.32 Å². The molecule has 0 aromatic carbocycles. The smallest absolute Gasteiger partial charge is 0.320 e. The fourth-order valence-corrected chi connectivity index (χ4v) is 2.09. The first-order chi connectivity index (χ1) is 7.22. The van der Waals surface area contributed by atoms with Gasteiger partial charge in [-0.25, -0.2) is 0 Å². The summed E-state index contributed by atoms with van der Waals surface area (Å²) in [5, 5.41) is 11.7. The lowest BCUT2D eigenvalue weighted by atomic mass is 10.4. The van der Waals surface area contributed by atoms with Crippen LogP contribution in [-0.2, 0) is 9.53 Å². The predicted octanol–water partition coefficient (Wildman–Crippen LogP) is 0.628. The summed E-state index contributed by atoms with van der Waals surface area (Å²) in [4.78, 5) is 10.7. The maximum absolute atomic E-state index is 11.0. The van der Waals surface area contributed by atoms with Crippen LogP contribution in [-0.4, -0.2) is 54.2 Å². The lowest BCUT2D eigenvalue weighted by Gasteiger charge is -2.08. The zero-order chi connectivity index (χ0) is 11.5. The van der Waals surface area contributed by atoms with Gasteiger partial charge in [-0.15, -0.1) is 0 Å². The normalized spacial score (nSPS) is 12.5. The number of carbonyl (C=O) groups is 1. The Morgan fingerprint density at radius 2 is 2.33 bits per heavy atom. The third-order valence-corrected chi connectivity index (χ3v) is 3.42. The average Bonchev–Trinajstić information content (AvgIpc) is 2.26. The van der Waals surface area contributed by atoms with Gasteiger partial charge in [0.15, 0.2) is 0 Å². The highest BCUT2D eigenvalue weighted by Crippen LogP contribution is 2.02. The molecule has 1 atom stereocenters. The molecule has 0 aromatic heterocycles. The van der Waals surface area contributed by atoms with Gasteiger partial charge in [0.2, 0.25) is 0 Å². The van der Waals surface area contributed by atoms with Crippen molar-refractivity contribution < 1.29 is 14.6 Å². The molecule has 4 nitrogen and oxygen atoms in total. The third-order valence-electron chi connectivity index (χ3n) is 1.65. The fourth-order valence-electron chi connectivity index (χ4n) is 0.853. The molecule has 6 heteroatoms. The highest BCUT2D eigenvalue weighted by molar-refractivity contribution is 9.10. The van der Waals surface area contributed by atoms with Crippen molar-refractivity contribution in [3.8, 4) is 0 Å². The molecule has 1 unspecified atom stereocenters. The van der Waals surface area contributed by atoms with Gasteiger partial charge in [-0.2, -0.15) is 11.8 Å². The van der Waals surface area contributed by atoms with Crippen molar-refractivity contribution in [2.75, 3.05) is 38.3 Å².